The fourth-order valence-corrected chi connectivity index (χ4v) is 4.05. The van der Waals surface area contributed by atoms with Crippen molar-refractivity contribution >= 4 is 11.3 Å². The molecule has 2 rings (SSSR count). The van der Waals surface area contributed by atoms with E-state index in [9.17, 15) is 13.2 Å². The number of rotatable bonds is 3. The Balaban J connectivity index is 2.24. The third kappa shape index (κ3) is 3.52. The Labute approximate surface area is 121 Å². The van der Waals surface area contributed by atoms with E-state index in [2.05, 4.69) is 24.1 Å². The van der Waals surface area contributed by atoms with Gasteiger partial charge < -0.3 is 5.32 Å². The zero-order valence-electron chi connectivity index (χ0n) is 12.0. The molecular weight excluding hydrogens is 285 g/mol. The van der Waals surface area contributed by atoms with Crippen LogP contribution >= 0.6 is 11.3 Å². The lowest BCUT2D eigenvalue weighted by molar-refractivity contribution is -0.137. The zero-order chi connectivity index (χ0) is 15.0. The molecule has 0 bridgehead atoms. The molecule has 0 amide bonds. The second-order valence-corrected chi connectivity index (χ2v) is 7.46. The minimum absolute atomic E-state index is 0.180. The van der Waals surface area contributed by atoms with Crippen LogP contribution in [0, 0.1) is 11.3 Å². The fourth-order valence-electron chi connectivity index (χ4n) is 3.07. The molecule has 0 spiro atoms. The second-order valence-electron chi connectivity index (χ2n) is 6.40. The number of hydrogen-bond acceptors (Lipinski definition) is 3. The molecule has 2 nitrogen and oxygen atoms in total. The van der Waals surface area contributed by atoms with Crippen LogP contribution in [0.15, 0.2) is 6.20 Å². The predicted octanol–water partition coefficient (Wildman–Crippen LogP) is 4.29. The van der Waals surface area contributed by atoms with Crippen LogP contribution < -0.4 is 5.32 Å². The van der Waals surface area contributed by atoms with Crippen LogP contribution in [-0.2, 0) is 6.18 Å². The quantitative estimate of drug-likeness (QED) is 0.901. The van der Waals surface area contributed by atoms with Gasteiger partial charge in [-0.3, -0.25) is 0 Å². The van der Waals surface area contributed by atoms with Crippen molar-refractivity contribution in [2.75, 3.05) is 13.6 Å². The van der Waals surface area contributed by atoms with E-state index >= 15 is 0 Å². The fraction of sp³-hybridized carbons (Fsp3) is 0.786. The minimum Gasteiger partial charge on any atom is -0.319 e. The normalized spacial score (nSPS) is 26.7. The maximum absolute atomic E-state index is 12.7. The van der Waals surface area contributed by atoms with Gasteiger partial charge in [0.1, 0.15) is 0 Å². The predicted molar refractivity (Wildman–Crippen MR) is 74.9 cm³/mol. The lowest BCUT2D eigenvalue weighted by Gasteiger charge is -2.40. The Morgan fingerprint density at radius 3 is 2.70 bits per heavy atom. The van der Waals surface area contributed by atoms with Crippen LogP contribution in [0.4, 0.5) is 13.2 Å². The molecule has 1 saturated carbocycles. The molecule has 114 valence electrons. The molecule has 2 unspecified atom stereocenters. The Morgan fingerprint density at radius 1 is 1.45 bits per heavy atom. The van der Waals surface area contributed by atoms with E-state index in [1.807, 2.05) is 7.05 Å². The smallest absolute Gasteiger partial charge is 0.319 e. The van der Waals surface area contributed by atoms with Gasteiger partial charge in [0, 0.05) is 11.1 Å². The number of hydrogen-bond donors (Lipinski definition) is 1. The van der Waals surface area contributed by atoms with Crippen molar-refractivity contribution in [2.45, 2.75) is 45.2 Å². The molecule has 1 N–H and O–H groups in total. The standard InChI is InChI=1S/C14H21F3N2S/c1-13(2)5-4-9(7-18-3)10(6-13)11-8-19-12(20-11)14(15,16)17/h8-10,18H,4-7H2,1-3H3. The maximum atomic E-state index is 12.7. The van der Waals surface area contributed by atoms with E-state index in [1.54, 1.807) is 0 Å². The van der Waals surface area contributed by atoms with Crippen LogP contribution in [0.2, 0.25) is 0 Å². The molecule has 1 aliphatic rings. The largest absolute Gasteiger partial charge is 0.443 e. The molecule has 1 heterocycles. The van der Waals surface area contributed by atoms with E-state index < -0.39 is 11.2 Å². The van der Waals surface area contributed by atoms with Gasteiger partial charge in [-0.1, -0.05) is 13.8 Å². The van der Waals surface area contributed by atoms with Crippen molar-refractivity contribution in [3.05, 3.63) is 16.1 Å². The summed E-state index contributed by atoms with van der Waals surface area (Å²) in [6.45, 7) is 5.24. The number of thiazole rings is 1. The molecule has 1 aliphatic carbocycles. The summed E-state index contributed by atoms with van der Waals surface area (Å²) >= 11 is 0.813. The summed E-state index contributed by atoms with van der Waals surface area (Å²) < 4.78 is 38.1. The third-order valence-electron chi connectivity index (χ3n) is 4.13. The summed E-state index contributed by atoms with van der Waals surface area (Å²) in [7, 11) is 1.89. The van der Waals surface area contributed by atoms with E-state index in [0.717, 1.165) is 42.0 Å². The zero-order valence-corrected chi connectivity index (χ0v) is 12.9. The molecule has 0 radical (unpaired) electrons. The Bertz CT molecular complexity index is 454. The molecule has 6 heteroatoms. The molecular formula is C14H21F3N2S. The summed E-state index contributed by atoms with van der Waals surface area (Å²) in [5, 5.41) is 2.44. The van der Waals surface area contributed by atoms with Gasteiger partial charge in [0.2, 0.25) is 0 Å². The lowest BCUT2D eigenvalue weighted by atomic mass is 9.67. The first-order chi connectivity index (χ1) is 9.23. The van der Waals surface area contributed by atoms with E-state index in [1.165, 1.54) is 6.20 Å². The van der Waals surface area contributed by atoms with Crippen molar-refractivity contribution < 1.29 is 13.2 Å². The van der Waals surface area contributed by atoms with Crippen LogP contribution in [0.3, 0.4) is 0 Å². The Kier molecular flexibility index (Phi) is 4.44. The molecule has 0 aliphatic heterocycles. The molecule has 0 saturated heterocycles. The minimum atomic E-state index is -4.33. The number of nitrogens with one attached hydrogen (secondary N) is 1. The first-order valence-corrected chi connectivity index (χ1v) is 7.72. The van der Waals surface area contributed by atoms with Gasteiger partial charge in [0.25, 0.3) is 0 Å². The van der Waals surface area contributed by atoms with Crippen LogP contribution in [0.5, 0.6) is 0 Å². The Hall–Kier alpha value is -0.620. The van der Waals surface area contributed by atoms with Crippen molar-refractivity contribution in [1.82, 2.24) is 10.3 Å². The number of aromatic nitrogens is 1. The highest BCUT2D eigenvalue weighted by molar-refractivity contribution is 7.11. The highest BCUT2D eigenvalue weighted by atomic mass is 32.1. The maximum Gasteiger partial charge on any atom is 0.443 e. The Morgan fingerprint density at radius 2 is 2.15 bits per heavy atom. The lowest BCUT2D eigenvalue weighted by Crippen LogP contribution is -2.33. The van der Waals surface area contributed by atoms with Gasteiger partial charge in [0.05, 0.1) is 0 Å². The van der Waals surface area contributed by atoms with Crippen molar-refractivity contribution in [3.63, 3.8) is 0 Å². The number of nitrogens with zero attached hydrogens (tertiary/aromatic N) is 1. The van der Waals surface area contributed by atoms with Gasteiger partial charge in [-0.25, -0.2) is 4.98 Å². The van der Waals surface area contributed by atoms with Crippen molar-refractivity contribution in [2.24, 2.45) is 11.3 Å². The second kappa shape index (κ2) is 5.64. The molecule has 1 aromatic heterocycles. The van der Waals surface area contributed by atoms with Gasteiger partial charge in [-0.05, 0) is 50.1 Å². The van der Waals surface area contributed by atoms with E-state index in [-0.39, 0.29) is 11.3 Å². The molecule has 2 atom stereocenters. The van der Waals surface area contributed by atoms with Crippen molar-refractivity contribution in [3.8, 4) is 0 Å². The van der Waals surface area contributed by atoms with Gasteiger partial charge in [-0.15, -0.1) is 11.3 Å². The summed E-state index contributed by atoms with van der Waals surface area (Å²) in [6, 6.07) is 0. The van der Waals surface area contributed by atoms with Gasteiger partial charge in [0.15, 0.2) is 5.01 Å². The summed E-state index contributed by atoms with van der Waals surface area (Å²) in [6.07, 6.45) is 0.213. The molecule has 0 aromatic carbocycles. The highest BCUT2D eigenvalue weighted by Crippen LogP contribution is 2.48. The number of halogens is 3. The summed E-state index contributed by atoms with van der Waals surface area (Å²) in [5.41, 5.74) is 0.192. The molecule has 1 aromatic rings. The molecule has 20 heavy (non-hydrogen) atoms. The van der Waals surface area contributed by atoms with Crippen LogP contribution in [-0.4, -0.2) is 18.6 Å². The average Bonchev–Trinajstić information content (AvgIpc) is 2.80. The van der Waals surface area contributed by atoms with E-state index in [4.69, 9.17) is 0 Å². The first kappa shape index (κ1) is 15.8. The highest BCUT2D eigenvalue weighted by Gasteiger charge is 2.39. The summed E-state index contributed by atoms with van der Waals surface area (Å²) in [4.78, 5) is 4.36. The van der Waals surface area contributed by atoms with E-state index in [0.29, 0.717) is 5.92 Å². The first-order valence-electron chi connectivity index (χ1n) is 6.90. The molecule has 1 fully saturated rings. The van der Waals surface area contributed by atoms with Crippen LogP contribution in [0.1, 0.15) is 48.9 Å². The topological polar surface area (TPSA) is 24.9 Å². The SMILES string of the molecule is CNCC1CCC(C)(C)CC1c1cnc(C(F)(F)F)s1. The van der Waals surface area contributed by atoms with Gasteiger partial charge >= 0.3 is 6.18 Å². The third-order valence-corrected chi connectivity index (χ3v) is 5.31. The average molecular weight is 306 g/mol. The monoisotopic (exact) mass is 306 g/mol. The number of alkyl halides is 3. The van der Waals surface area contributed by atoms with Gasteiger partial charge in [-0.2, -0.15) is 13.2 Å². The summed E-state index contributed by atoms with van der Waals surface area (Å²) in [5.74, 6) is 0.578. The van der Waals surface area contributed by atoms with Crippen LogP contribution in [0.25, 0.3) is 0 Å². The van der Waals surface area contributed by atoms with Crippen molar-refractivity contribution in [1.29, 1.82) is 0 Å².